The normalized spacial score (nSPS) is 17.9. The van der Waals surface area contributed by atoms with E-state index < -0.39 is 5.97 Å². The van der Waals surface area contributed by atoms with E-state index in [0.717, 1.165) is 12.8 Å². The Kier molecular flexibility index (Phi) is 7.85. The quantitative estimate of drug-likeness (QED) is 0.739. The molecule has 0 bridgehead atoms. The van der Waals surface area contributed by atoms with E-state index in [0.29, 0.717) is 32.1 Å². The molecule has 3 amide bonds. The number of carboxylic acid groups (broad SMARTS) is 1. The molecule has 1 unspecified atom stereocenters. The van der Waals surface area contributed by atoms with Gasteiger partial charge in [-0.25, -0.2) is 4.79 Å². The molecule has 7 nitrogen and oxygen atoms in total. The molecule has 1 heterocycles. The molecule has 0 radical (unpaired) electrons. The summed E-state index contributed by atoms with van der Waals surface area (Å²) in [7, 11) is 0. The Balaban J connectivity index is 2.56. The number of rotatable bonds is 7. The van der Waals surface area contributed by atoms with Gasteiger partial charge in [-0.1, -0.05) is 13.8 Å². The van der Waals surface area contributed by atoms with E-state index in [1.807, 2.05) is 20.8 Å². The highest BCUT2D eigenvalue weighted by molar-refractivity contribution is 5.81. The van der Waals surface area contributed by atoms with Crippen molar-refractivity contribution in [2.45, 2.75) is 40.0 Å². The summed E-state index contributed by atoms with van der Waals surface area (Å²) in [5.41, 5.74) is 0. The van der Waals surface area contributed by atoms with Gasteiger partial charge in [0.1, 0.15) is 0 Å². The molecular weight excluding hydrogens is 298 g/mol. The van der Waals surface area contributed by atoms with E-state index in [4.69, 9.17) is 5.11 Å². The zero-order valence-corrected chi connectivity index (χ0v) is 14.4. The number of nitrogens with zero attached hydrogens (tertiary/aromatic N) is 2. The molecule has 1 aliphatic rings. The molecule has 1 rings (SSSR count). The lowest BCUT2D eigenvalue weighted by Crippen LogP contribution is -2.50. The second kappa shape index (κ2) is 9.37. The molecule has 2 N–H and O–H groups in total. The Bertz CT molecular complexity index is 426. The summed E-state index contributed by atoms with van der Waals surface area (Å²) in [6.45, 7) is 8.31. The number of likely N-dealkylation sites (tertiary alicyclic amines) is 1. The number of nitrogens with one attached hydrogen (secondary N) is 1. The van der Waals surface area contributed by atoms with Crippen molar-refractivity contribution in [3.05, 3.63) is 0 Å². The third-order valence-electron chi connectivity index (χ3n) is 4.01. The van der Waals surface area contributed by atoms with Crippen LogP contribution in [0.2, 0.25) is 0 Å². The smallest absolute Gasteiger partial charge is 0.317 e. The maximum atomic E-state index is 12.6. The molecule has 1 fully saturated rings. The molecule has 0 aromatic rings. The predicted molar refractivity (Wildman–Crippen MR) is 87.0 cm³/mol. The lowest BCUT2D eigenvalue weighted by molar-refractivity contribution is -0.140. The molecule has 0 aromatic heterocycles. The van der Waals surface area contributed by atoms with Crippen LogP contribution in [0.15, 0.2) is 0 Å². The summed E-state index contributed by atoms with van der Waals surface area (Å²) in [6, 6.07) is -0.121. The standard InChI is InChI=1S/C16H29N3O4/c1-4-18(9-7-14(20)21)15(22)13-6-5-8-19(11-13)16(23)17-10-12(2)3/h12-13H,4-11H2,1-3H3,(H,17,23)(H,20,21). The number of amides is 3. The van der Waals surface area contributed by atoms with Gasteiger partial charge in [-0.05, 0) is 25.7 Å². The van der Waals surface area contributed by atoms with Gasteiger partial charge >= 0.3 is 12.0 Å². The molecule has 1 aliphatic heterocycles. The summed E-state index contributed by atoms with van der Waals surface area (Å²) in [5.74, 6) is -0.806. The fraction of sp³-hybridized carbons (Fsp3) is 0.812. The molecule has 23 heavy (non-hydrogen) atoms. The Labute approximate surface area is 138 Å². The molecule has 132 valence electrons. The number of urea groups is 1. The number of hydrogen-bond acceptors (Lipinski definition) is 3. The van der Waals surface area contributed by atoms with Crippen LogP contribution in [0.1, 0.15) is 40.0 Å². The predicted octanol–water partition coefficient (Wildman–Crippen LogP) is 1.39. The lowest BCUT2D eigenvalue weighted by Gasteiger charge is -2.34. The van der Waals surface area contributed by atoms with Crippen molar-refractivity contribution < 1.29 is 19.5 Å². The Hall–Kier alpha value is -1.79. The minimum absolute atomic E-state index is 0.0462. The van der Waals surface area contributed by atoms with E-state index in [1.54, 1.807) is 9.80 Å². The van der Waals surface area contributed by atoms with Crippen molar-refractivity contribution in [3.63, 3.8) is 0 Å². The summed E-state index contributed by atoms with van der Waals surface area (Å²) in [5, 5.41) is 11.6. The maximum absolute atomic E-state index is 12.6. The Morgan fingerprint density at radius 2 is 2.04 bits per heavy atom. The van der Waals surface area contributed by atoms with Crippen molar-refractivity contribution in [2.24, 2.45) is 11.8 Å². The highest BCUT2D eigenvalue weighted by Crippen LogP contribution is 2.19. The first-order chi connectivity index (χ1) is 10.8. The summed E-state index contributed by atoms with van der Waals surface area (Å²) in [4.78, 5) is 38.6. The van der Waals surface area contributed by atoms with Gasteiger partial charge in [-0.15, -0.1) is 0 Å². The van der Waals surface area contributed by atoms with Gasteiger partial charge in [0.15, 0.2) is 0 Å². The summed E-state index contributed by atoms with van der Waals surface area (Å²) in [6.07, 6.45) is 1.49. The molecule has 0 saturated carbocycles. The average molecular weight is 327 g/mol. The second-order valence-electron chi connectivity index (χ2n) is 6.43. The largest absolute Gasteiger partial charge is 0.481 e. The first kappa shape index (κ1) is 19.3. The number of carbonyl (C=O) groups excluding carboxylic acids is 2. The molecule has 0 spiro atoms. The van der Waals surface area contributed by atoms with E-state index in [-0.39, 0.29) is 30.8 Å². The van der Waals surface area contributed by atoms with Crippen LogP contribution < -0.4 is 5.32 Å². The van der Waals surface area contributed by atoms with Crippen molar-refractivity contribution in [2.75, 3.05) is 32.7 Å². The minimum Gasteiger partial charge on any atom is -0.481 e. The van der Waals surface area contributed by atoms with Crippen molar-refractivity contribution in [3.8, 4) is 0 Å². The lowest BCUT2D eigenvalue weighted by atomic mass is 9.96. The van der Waals surface area contributed by atoms with E-state index in [2.05, 4.69) is 5.32 Å². The zero-order valence-electron chi connectivity index (χ0n) is 14.4. The fourth-order valence-electron chi connectivity index (χ4n) is 2.68. The molecular formula is C16H29N3O4. The van der Waals surface area contributed by atoms with Crippen LogP contribution in [-0.2, 0) is 9.59 Å². The molecule has 1 saturated heterocycles. The summed E-state index contributed by atoms with van der Waals surface area (Å²) >= 11 is 0. The first-order valence-corrected chi connectivity index (χ1v) is 8.38. The first-order valence-electron chi connectivity index (χ1n) is 8.38. The zero-order chi connectivity index (χ0) is 17.4. The van der Waals surface area contributed by atoms with Gasteiger partial charge in [-0.3, -0.25) is 9.59 Å². The van der Waals surface area contributed by atoms with Crippen LogP contribution in [0.5, 0.6) is 0 Å². The monoisotopic (exact) mass is 327 g/mol. The van der Waals surface area contributed by atoms with Gasteiger partial charge in [0.05, 0.1) is 12.3 Å². The minimum atomic E-state index is -0.908. The topological polar surface area (TPSA) is 90.0 Å². The van der Waals surface area contributed by atoms with Crippen molar-refractivity contribution in [1.82, 2.24) is 15.1 Å². The van der Waals surface area contributed by atoms with Gasteiger partial charge in [0.2, 0.25) is 5.91 Å². The highest BCUT2D eigenvalue weighted by Gasteiger charge is 2.30. The number of carbonyl (C=O) groups is 3. The Morgan fingerprint density at radius 3 is 2.61 bits per heavy atom. The number of piperidine rings is 1. The SMILES string of the molecule is CCN(CCC(=O)O)C(=O)C1CCCN(C(=O)NCC(C)C)C1. The molecule has 0 aromatic carbocycles. The van der Waals surface area contributed by atoms with Gasteiger partial charge in [0.25, 0.3) is 0 Å². The van der Waals surface area contributed by atoms with Crippen molar-refractivity contribution in [1.29, 1.82) is 0 Å². The van der Waals surface area contributed by atoms with Crippen LogP contribution >= 0.6 is 0 Å². The van der Waals surface area contributed by atoms with E-state index in [1.165, 1.54) is 0 Å². The molecule has 1 atom stereocenters. The van der Waals surface area contributed by atoms with Crippen LogP contribution in [0.25, 0.3) is 0 Å². The van der Waals surface area contributed by atoms with Crippen LogP contribution in [-0.4, -0.2) is 65.5 Å². The maximum Gasteiger partial charge on any atom is 0.317 e. The van der Waals surface area contributed by atoms with Crippen molar-refractivity contribution >= 4 is 17.9 Å². The average Bonchev–Trinajstić information content (AvgIpc) is 2.52. The number of carboxylic acids is 1. The fourth-order valence-corrected chi connectivity index (χ4v) is 2.68. The number of hydrogen-bond donors (Lipinski definition) is 2. The van der Waals surface area contributed by atoms with Gasteiger partial charge < -0.3 is 20.2 Å². The third-order valence-corrected chi connectivity index (χ3v) is 4.01. The van der Waals surface area contributed by atoms with Crippen LogP contribution in [0.3, 0.4) is 0 Å². The van der Waals surface area contributed by atoms with Crippen LogP contribution in [0, 0.1) is 11.8 Å². The Morgan fingerprint density at radius 1 is 1.35 bits per heavy atom. The third kappa shape index (κ3) is 6.46. The van der Waals surface area contributed by atoms with Gasteiger partial charge in [0, 0.05) is 32.7 Å². The van der Waals surface area contributed by atoms with E-state index >= 15 is 0 Å². The second-order valence-corrected chi connectivity index (χ2v) is 6.43. The van der Waals surface area contributed by atoms with Gasteiger partial charge in [-0.2, -0.15) is 0 Å². The van der Waals surface area contributed by atoms with E-state index in [9.17, 15) is 14.4 Å². The highest BCUT2D eigenvalue weighted by atomic mass is 16.4. The summed E-state index contributed by atoms with van der Waals surface area (Å²) < 4.78 is 0. The molecule has 0 aliphatic carbocycles. The molecule has 7 heteroatoms. The van der Waals surface area contributed by atoms with Crippen LogP contribution in [0.4, 0.5) is 4.79 Å². The number of aliphatic carboxylic acids is 1.